The Bertz CT molecular complexity index is 813. The molecule has 0 saturated heterocycles. The smallest absolute Gasteiger partial charge is 0.232 e. The molecule has 0 aliphatic carbocycles. The van der Waals surface area contributed by atoms with Crippen molar-refractivity contribution in [3.63, 3.8) is 0 Å². The van der Waals surface area contributed by atoms with Gasteiger partial charge in [-0.3, -0.25) is 9.10 Å². The Kier molecular flexibility index (Phi) is 6.20. The highest BCUT2D eigenvalue weighted by atomic mass is 32.2. The van der Waals surface area contributed by atoms with Crippen LogP contribution in [0, 0.1) is 13.8 Å². The highest BCUT2D eigenvalue weighted by Gasteiger charge is 2.18. The fourth-order valence-electron chi connectivity index (χ4n) is 2.71. The fourth-order valence-corrected chi connectivity index (χ4v) is 3.66. The number of aryl methyl sites for hydroxylation is 2. The van der Waals surface area contributed by atoms with Crippen molar-refractivity contribution in [3.8, 4) is 0 Å². The van der Waals surface area contributed by atoms with Crippen molar-refractivity contribution in [1.29, 1.82) is 0 Å². The number of hydrogen-bond donors (Lipinski definition) is 1. The second kappa shape index (κ2) is 8.16. The monoisotopic (exact) mass is 360 g/mol. The number of nitrogens with one attached hydrogen (secondary N) is 1. The summed E-state index contributed by atoms with van der Waals surface area (Å²) in [5.41, 5.74) is 3.39. The molecule has 0 aromatic heterocycles. The van der Waals surface area contributed by atoms with Gasteiger partial charge in [-0.1, -0.05) is 24.3 Å². The van der Waals surface area contributed by atoms with Crippen LogP contribution in [0.1, 0.15) is 24.0 Å². The van der Waals surface area contributed by atoms with Gasteiger partial charge in [-0.15, -0.1) is 0 Å². The first-order chi connectivity index (χ1) is 11.8. The molecule has 0 spiro atoms. The highest BCUT2D eigenvalue weighted by molar-refractivity contribution is 7.92. The summed E-state index contributed by atoms with van der Waals surface area (Å²) in [6.07, 6.45) is 1.89. The van der Waals surface area contributed by atoms with Gasteiger partial charge in [0, 0.05) is 18.7 Å². The minimum Gasteiger partial charge on any atom is -0.326 e. The zero-order valence-corrected chi connectivity index (χ0v) is 15.6. The average Bonchev–Trinajstić information content (AvgIpc) is 2.50. The maximum absolute atomic E-state index is 12.1. The number of anilines is 2. The van der Waals surface area contributed by atoms with Crippen molar-refractivity contribution < 1.29 is 13.2 Å². The lowest BCUT2D eigenvalue weighted by Gasteiger charge is -2.23. The molecule has 0 bridgehead atoms. The summed E-state index contributed by atoms with van der Waals surface area (Å²) in [7, 11) is -3.41. The van der Waals surface area contributed by atoms with Crippen LogP contribution < -0.4 is 9.62 Å². The first kappa shape index (κ1) is 19.0. The Balaban J connectivity index is 2.00. The summed E-state index contributed by atoms with van der Waals surface area (Å²) < 4.78 is 25.7. The summed E-state index contributed by atoms with van der Waals surface area (Å²) in [6, 6.07) is 14.9. The number of nitrogens with zero attached hydrogens (tertiary/aromatic N) is 1. The molecule has 5 nitrogen and oxygen atoms in total. The number of para-hydroxylation sites is 1. The van der Waals surface area contributed by atoms with Crippen LogP contribution >= 0.6 is 0 Å². The Morgan fingerprint density at radius 3 is 2.20 bits per heavy atom. The third-order valence-corrected chi connectivity index (χ3v) is 4.91. The minimum absolute atomic E-state index is 0.125. The molecule has 0 heterocycles. The van der Waals surface area contributed by atoms with E-state index in [2.05, 4.69) is 5.32 Å². The van der Waals surface area contributed by atoms with E-state index < -0.39 is 10.0 Å². The van der Waals surface area contributed by atoms with E-state index in [9.17, 15) is 13.2 Å². The van der Waals surface area contributed by atoms with Crippen LogP contribution in [-0.4, -0.2) is 27.1 Å². The fraction of sp³-hybridized carbons (Fsp3) is 0.316. The van der Waals surface area contributed by atoms with E-state index in [-0.39, 0.29) is 18.9 Å². The quantitative estimate of drug-likeness (QED) is 0.822. The van der Waals surface area contributed by atoms with Crippen molar-refractivity contribution in [3.05, 3.63) is 59.7 Å². The molecule has 6 heteroatoms. The largest absolute Gasteiger partial charge is 0.326 e. The van der Waals surface area contributed by atoms with Crippen molar-refractivity contribution in [2.75, 3.05) is 22.4 Å². The molecule has 0 fully saturated rings. The molecule has 1 amide bonds. The molecular weight excluding hydrogens is 336 g/mol. The molecule has 0 radical (unpaired) electrons. The van der Waals surface area contributed by atoms with Crippen molar-refractivity contribution in [1.82, 2.24) is 0 Å². The number of carbonyl (C=O) groups excluding carboxylic acids is 1. The third-order valence-electron chi connectivity index (χ3n) is 3.72. The Morgan fingerprint density at radius 2 is 1.64 bits per heavy atom. The topological polar surface area (TPSA) is 66.5 Å². The molecule has 0 unspecified atom stereocenters. The maximum atomic E-state index is 12.1. The van der Waals surface area contributed by atoms with E-state index in [4.69, 9.17) is 0 Å². The molecule has 0 atom stereocenters. The maximum Gasteiger partial charge on any atom is 0.232 e. The SMILES string of the molecule is Cc1cc(C)cc(N(CCCC(=O)Nc2ccccc2)S(C)(=O)=O)c1. The van der Waals surface area contributed by atoms with E-state index in [1.54, 1.807) is 0 Å². The molecule has 2 aromatic carbocycles. The predicted molar refractivity (Wildman–Crippen MR) is 102 cm³/mol. The summed E-state index contributed by atoms with van der Waals surface area (Å²) in [5.74, 6) is -0.125. The number of sulfonamides is 1. The summed E-state index contributed by atoms with van der Waals surface area (Å²) >= 11 is 0. The zero-order chi connectivity index (χ0) is 18.4. The van der Waals surface area contributed by atoms with Gasteiger partial charge in [0.15, 0.2) is 0 Å². The predicted octanol–water partition coefficient (Wildman–Crippen LogP) is 3.49. The number of rotatable bonds is 7. The number of benzene rings is 2. The molecule has 25 heavy (non-hydrogen) atoms. The second-order valence-corrected chi connectivity index (χ2v) is 8.11. The molecule has 0 aliphatic rings. The normalized spacial score (nSPS) is 11.2. The lowest BCUT2D eigenvalue weighted by atomic mass is 10.1. The van der Waals surface area contributed by atoms with Gasteiger partial charge in [-0.2, -0.15) is 0 Å². The Morgan fingerprint density at radius 1 is 1.04 bits per heavy atom. The van der Waals surface area contributed by atoms with Gasteiger partial charge >= 0.3 is 0 Å². The van der Waals surface area contributed by atoms with E-state index in [1.807, 2.05) is 62.4 Å². The number of amides is 1. The average molecular weight is 360 g/mol. The molecule has 134 valence electrons. The molecule has 2 rings (SSSR count). The lowest BCUT2D eigenvalue weighted by Crippen LogP contribution is -2.31. The van der Waals surface area contributed by atoms with Gasteiger partial charge in [0.1, 0.15) is 0 Å². The van der Waals surface area contributed by atoms with Crippen LogP contribution in [0.2, 0.25) is 0 Å². The summed E-state index contributed by atoms with van der Waals surface area (Å²) in [5, 5.41) is 2.81. The molecule has 0 aliphatic heterocycles. The van der Waals surface area contributed by atoms with Gasteiger partial charge < -0.3 is 5.32 Å². The van der Waals surface area contributed by atoms with Crippen molar-refractivity contribution in [2.24, 2.45) is 0 Å². The molecular formula is C19H24N2O3S. The van der Waals surface area contributed by atoms with Gasteiger partial charge in [0.05, 0.1) is 11.9 Å². The zero-order valence-electron chi connectivity index (χ0n) is 14.8. The van der Waals surface area contributed by atoms with Crippen LogP contribution in [0.3, 0.4) is 0 Å². The van der Waals surface area contributed by atoms with Gasteiger partial charge in [-0.05, 0) is 55.7 Å². The first-order valence-electron chi connectivity index (χ1n) is 8.16. The lowest BCUT2D eigenvalue weighted by molar-refractivity contribution is -0.116. The minimum atomic E-state index is -3.41. The number of hydrogen-bond acceptors (Lipinski definition) is 3. The Labute approximate surface area is 149 Å². The summed E-state index contributed by atoms with van der Waals surface area (Å²) in [6.45, 7) is 4.14. The second-order valence-electron chi connectivity index (χ2n) is 6.20. The van der Waals surface area contributed by atoms with E-state index >= 15 is 0 Å². The Hall–Kier alpha value is -2.34. The first-order valence-corrected chi connectivity index (χ1v) is 10.0. The van der Waals surface area contributed by atoms with Crippen molar-refractivity contribution >= 4 is 27.3 Å². The van der Waals surface area contributed by atoms with E-state index in [0.717, 1.165) is 16.8 Å². The highest BCUT2D eigenvalue weighted by Crippen LogP contribution is 2.22. The molecule has 1 N–H and O–H groups in total. The van der Waals surface area contributed by atoms with Crippen LogP contribution in [-0.2, 0) is 14.8 Å². The van der Waals surface area contributed by atoms with Crippen LogP contribution in [0.25, 0.3) is 0 Å². The van der Waals surface area contributed by atoms with Crippen LogP contribution in [0.4, 0.5) is 11.4 Å². The van der Waals surface area contributed by atoms with Crippen LogP contribution in [0.5, 0.6) is 0 Å². The standard InChI is InChI=1S/C19H24N2O3S/c1-15-12-16(2)14-18(13-15)21(25(3,23)24)11-7-10-19(22)20-17-8-5-4-6-9-17/h4-6,8-9,12-14H,7,10-11H2,1-3H3,(H,20,22). The summed E-state index contributed by atoms with van der Waals surface area (Å²) in [4.78, 5) is 12.0. The van der Waals surface area contributed by atoms with E-state index in [1.165, 1.54) is 10.6 Å². The molecule has 0 saturated carbocycles. The number of carbonyl (C=O) groups is 1. The molecule has 2 aromatic rings. The van der Waals surface area contributed by atoms with Gasteiger partial charge in [0.25, 0.3) is 0 Å². The third kappa shape index (κ3) is 5.90. The van der Waals surface area contributed by atoms with Gasteiger partial charge in [0.2, 0.25) is 15.9 Å². The van der Waals surface area contributed by atoms with E-state index in [0.29, 0.717) is 12.1 Å². The van der Waals surface area contributed by atoms with Gasteiger partial charge in [-0.25, -0.2) is 8.42 Å². The van der Waals surface area contributed by atoms with Crippen LogP contribution in [0.15, 0.2) is 48.5 Å². The van der Waals surface area contributed by atoms with Crippen molar-refractivity contribution in [2.45, 2.75) is 26.7 Å².